The van der Waals surface area contributed by atoms with E-state index in [-0.39, 0.29) is 24.5 Å². The molecule has 8 heteroatoms. The Balaban J connectivity index is 1.55. The number of nitrogens with one attached hydrogen (secondary N) is 1. The van der Waals surface area contributed by atoms with Gasteiger partial charge in [0.2, 0.25) is 0 Å². The highest BCUT2D eigenvalue weighted by Crippen LogP contribution is 2.36. The van der Waals surface area contributed by atoms with Gasteiger partial charge in [-0.25, -0.2) is 4.98 Å². The molecule has 7 nitrogen and oxygen atoms in total. The average molecular weight is 373 g/mol. The Morgan fingerprint density at radius 2 is 2.35 bits per heavy atom. The van der Waals surface area contributed by atoms with Crippen molar-refractivity contribution >= 4 is 34.0 Å². The minimum atomic E-state index is -0.382. The highest BCUT2D eigenvalue weighted by atomic mass is 32.1. The van der Waals surface area contributed by atoms with Crippen LogP contribution in [0.15, 0.2) is 23.6 Å². The number of nitrogens with zero attached hydrogens (tertiary/aromatic N) is 2. The molecule has 2 aliphatic rings. The van der Waals surface area contributed by atoms with Gasteiger partial charge in [-0.3, -0.25) is 14.9 Å². The largest absolute Gasteiger partial charge is 0.482 e. The highest BCUT2D eigenvalue weighted by Gasteiger charge is 2.26. The standard InChI is InChI=1S/C18H19N3O4S/c1-2-21-13-8-11(5-6-14(13)25-9-16(21)22)12-10-26-18(19-12)20-17(23)15-4-3-7-24-15/h5-6,8,10,15H,2-4,7,9H2,1H3,(H,19,20,23)/t15-/m1/s1. The number of carbonyl (C=O) groups excluding carboxylic acids is 2. The number of likely N-dealkylation sites (N-methyl/N-ethyl adjacent to an activating group) is 1. The first-order valence-corrected chi connectivity index (χ1v) is 9.49. The Kier molecular flexibility index (Phi) is 4.60. The fourth-order valence-corrected chi connectivity index (χ4v) is 3.86. The maximum Gasteiger partial charge on any atom is 0.265 e. The van der Waals surface area contributed by atoms with Gasteiger partial charge in [-0.15, -0.1) is 11.3 Å². The summed E-state index contributed by atoms with van der Waals surface area (Å²) in [6, 6.07) is 5.66. The number of rotatable bonds is 4. The van der Waals surface area contributed by atoms with Gasteiger partial charge in [-0.1, -0.05) is 0 Å². The third-order valence-electron chi connectivity index (χ3n) is 4.47. The van der Waals surface area contributed by atoms with Crippen LogP contribution in [-0.2, 0) is 14.3 Å². The van der Waals surface area contributed by atoms with Crippen LogP contribution in [0.25, 0.3) is 11.3 Å². The van der Waals surface area contributed by atoms with Crippen LogP contribution < -0.4 is 15.0 Å². The highest BCUT2D eigenvalue weighted by molar-refractivity contribution is 7.14. The molecule has 1 aromatic carbocycles. The summed E-state index contributed by atoms with van der Waals surface area (Å²) >= 11 is 1.37. The van der Waals surface area contributed by atoms with Crippen LogP contribution in [0.2, 0.25) is 0 Å². The number of fused-ring (bicyclic) bond motifs is 1. The van der Waals surface area contributed by atoms with Gasteiger partial charge in [-0.2, -0.15) is 0 Å². The second-order valence-electron chi connectivity index (χ2n) is 6.14. The van der Waals surface area contributed by atoms with E-state index in [0.717, 1.165) is 29.8 Å². The van der Waals surface area contributed by atoms with Gasteiger partial charge in [0.1, 0.15) is 11.9 Å². The summed E-state index contributed by atoms with van der Waals surface area (Å²) in [4.78, 5) is 30.4. The van der Waals surface area contributed by atoms with Gasteiger partial charge < -0.3 is 14.4 Å². The number of hydrogen-bond acceptors (Lipinski definition) is 6. The van der Waals surface area contributed by atoms with Crippen LogP contribution in [-0.4, -0.2) is 42.7 Å². The predicted molar refractivity (Wildman–Crippen MR) is 98.7 cm³/mol. The number of hydrogen-bond donors (Lipinski definition) is 1. The molecule has 136 valence electrons. The first kappa shape index (κ1) is 17.0. The van der Waals surface area contributed by atoms with Crippen LogP contribution >= 0.6 is 11.3 Å². The topological polar surface area (TPSA) is 80.8 Å². The molecule has 1 fully saturated rings. The lowest BCUT2D eigenvalue weighted by atomic mass is 10.1. The molecule has 1 atom stereocenters. The van der Waals surface area contributed by atoms with Crippen LogP contribution in [0.1, 0.15) is 19.8 Å². The normalized spacial score (nSPS) is 19.2. The third-order valence-corrected chi connectivity index (χ3v) is 5.23. The van der Waals surface area contributed by atoms with Gasteiger partial charge in [-0.05, 0) is 38.0 Å². The van der Waals surface area contributed by atoms with E-state index in [1.54, 1.807) is 4.90 Å². The molecule has 0 bridgehead atoms. The quantitative estimate of drug-likeness (QED) is 0.891. The summed E-state index contributed by atoms with van der Waals surface area (Å²) in [5, 5.41) is 5.24. The number of ether oxygens (including phenoxy) is 2. The predicted octanol–water partition coefficient (Wildman–Crippen LogP) is 2.67. The summed E-state index contributed by atoms with van der Waals surface area (Å²) in [6.45, 7) is 3.21. The number of aromatic nitrogens is 1. The van der Waals surface area contributed by atoms with E-state index in [9.17, 15) is 9.59 Å². The van der Waals surface area contributed by atoms with Gasteiger partial charge >= 0.3 is 0 Å². The molecule has 0 saturated carbocycles. The van der Waals surface area contributed by atoms with E-state index in [1.165, 1.54) is 11.3 Å². The Labute approximate surface area is 154 Å². The zero-order chi connectivity index (χ0) is 18.1. The lowest BCUT2D eigenvalue weighted by molar-refractivity contribution is -0.124. The van der Waals surface area contributed by atoms with Crippen molar-refractivity contribution in [2.75, 3.05) is 30.0 Å². The van der Waals surface area contributed by atoms with Crippen LogP contribution in [0.4, 0.5) is 10.8 Å². The van der Waals surface area contributed by atoms with Crippen LogP contribution in [0.5, 0.6) is 5.75 Å². The summed E-state index contributed by atoms with van der Waals surface area (Å²) in [7, 11) is 0. The number of benzene rings is 1. The molecule has 0 aliphatic carbocycles. The zero-order valence-electron chi connectivity index (χ0n) is 14.4. The fourth-order valence-electron chi connectivity index (χ4n) is 3.14. The molecular formula is C18H19N3O4S. The van der Waals surface area contributed by atoms with Gasteiger partial charge in [0.25, 0.3) is 11.8 Å². The van der Waals surface area contributed by atoms with E-state index >= 15 is 0 Å². The van der Waals surface area contributed by atoms with Crippen molar-refractivity contribution in [3.05, 3.63) is 23.6 Å². The number of anilines is 2. The average Bonchev–Trinajstić information content (AvgIpc) is 3.33. The summed E-state index contributed by atoms with van der Waals surface area (Å²) in [5.41, 5.74) is 2.36. The smallest absolute Gasteiger partial charge is 0.265 e. The number of carbonyl (C=O) groups is 2. The van der Waals surface area contributed by atoms with Crippen molar-refractivity contribution < 1.29 is 19.1 Å². The molecular weight excluding hydrogens is 354 g/mol. The molecule has 0 radical (unpaired) electrons. The third kappa shape index (κ3) is 3.17. The van der Waals surface area contributed by atoms with E-state index in [2.05, 4.69) is 10.3 Å². The molecule has 3 heterocycles. The SMILES string of the molecule is CCN1C(=O)COc2ccc(-c3csc(NC(=O)[C@H]4CCCO4)n3)cc21. The van der Waals surface area contributed by atoms with Crippen molar-refractivity contribution in [2.24, 2.45) is 0 Å². The first-order chi connectivity index (χ1) is 12.7. The van der Waals surface area contributed by atoms with Crippen LogP contribution in [0.3, 0.4) is 0 Å². The molecule has 2 aromatic rings. The van der Waals surface area contributed by atoms with Crippen molar-refractivity contribution in [3.8, 4) is 17.0 Å². The first-order valence-electron chi connectivity index (χ1n) is 8.61. The van der Waals surface area contributed by atoms with E-state index in [1.807, 2.05) is 30.5 Å². The Morgan fingerprint density at radius 3 is 3.12 bits per heavy atom. The lowest BCUT2D eigenvalue weighted by Crippen LogP contribution is -2.38. The molecule has 26 heavy (non-hydrogen) atoms. The van der Waals surface area contributed by atoms with Gasteiger partial charge in [0.15, 0.2) is 11.7 Å². The van der Waals surface area contributed by atoms with E-state index in [0.29, 0.717) is 24.0 Å². The fraction of sp³-hybridized carbons (Fsp3) is 0.389. The molecule has 1 saturated heterocycles. The summed E-state index contributed by atoms with van der Waals surface area (Å²) in [6.07, 6.45) is 1.27. The lowest BCUT2D eigenvalue weighted by Gasteiger charge is -2.28. The minimum Gasteiger partial charge on any atom is -0.482 e. The van der Waals surface area contributed by atoms with E-state index in [4.69, 9.17) is 9.47 Å². The molecule has 1 aromatic heterocycles. The molecule has 4 rings (SSSR count). The molecule has 0 unspecified atom stereocenters. The molecule has 2 aliphatic heterocycles. The maximum absolute atomic E-state index is 12.1. The van der Waals surface area contributed by atoms with Crippen LogP contribution in [0, 0.1) is 0 Å². The summed E-state index contributed by atoms with van der Waals surface area (Å²) < 4.78 is 10.9. The molecule has 0 spiro atoms. The van der Waals surface area contributed by atoms with Crippen molar-refractivity contribution in [2.45, 2.75) is 25.9 Å². The zero-order valence-corrected chi connectivity index (χ0v) is 15.2. The second kappa shape index (κ2) is 7.05. The van der Waals surface area contributed by atoms with Crippen molar-refractivity contribution in [1.29, 1.82) is 0 Å². The minimum absolute atomic E-state index is 0.0556. The Bertz CT molecular complexity index is 845. The Morgan fingerprint density at radius 1 is 1.46 bits per heavy atom. The molecule has 1 N–H and O–H groups in total. The molecule has 2 amide bonds. The number of amides is 2. The Hall–Kier alpha value is -2.45. The van der Waals surface area contributed by atoms with Crippen molar-refractivity contribution in [3.63, 3.8) is 0 Å². The van der Waals surface area contributed by atoms with E-state index < -0.39 is 0 Å². The monoisotopic (exact) mass is 373 g/mol. The maximum atomic E-state index is 12.1. The van der Waals surface area contributed by atoms with Gasteiger partial charge in [0, 0.05) is 24.1 Å². The second-order valence-corrected chi connectivity index (χ2v) is 7.00. The number of thiazole rings is 1. The van der Waals surface area contributed by atoms with Gasteiger partial charge in [0.05, 0.1) is 11.4 Å². The summed E-state index contributed by atoms with van der Waals surface area (Å²) in [5.74, 6) is 0.488. The van der Waals surface area contributed by atoms with Crippen molar-refractivity contribution in [1.82, 2.24) is 4.98 Å².